The van der Waals surface area contributed by atoms with Gasteiger partial charge in [-0.25, -0.2) is 0 Å². The summed E-state index contributed by atoms with van der Waals surface area (Å²) in [4.78, 5) is 18.0. The number of phenolic OH excluding ortho intramolecular Hbond substituents is 1. The molecular formula is C35H38N2O3. The first-order chi connectivity index (χ1) is 19.5. The van der Waals surface area contributed by atoms with E-state index in [9.17, 15) is 9.90 Å². The average molecular weight is 535 g/mol. The van der Waals surface area contributed by atoms with Crippen molar-refractivity contribution >= 4 is 12.0 Å². The SMILES string of the molecule is Cc1cccc(C=CC(=O)N(C)[C@H]2CC[C@H]3[C@H]4Cc5c(O)ccc6c5[C@@]3(CCN4CCc3ccccc3)[C@H]2O6)c1. The van der Waals surface area contributed by atoms with Crippen LogP contribution in [0, 0.1) is 12.8 Å². The van der Waals surface area contributed by atoms with E-state index in [0.29, 0.717) is 17.7 Å². The molecule has 2 heterocycles. The molecule has 1 amide bonds. The molecule has 206 valence electrons. The number of likely N-dealkylation sites (tertiary alicyclic amines) is 1. The Labute approximate surface area is 237 Å². The number of aromatic hydroxyl groups is 1. The van der Waals surface area contributed by atoms with Crippen LogP contribution in [0.15, 0.2) is 72.8 Å². The van der Waals surface area contributed by atoms with Gasteiger partial charge in [0.15, 0.2) is 0 Å². The highest BCUT2D eigenvalue weighted by molar-refractivity contribution is 5.92. The molecule has 1 N–H and O–H groups in total. The maximum absolute atomic E-state index is 13.5. The number of piperidine rings is 1. The Morgan fingerprint density at radius 3 is 2.80 bits per heavy atom. The molecule has 5 heteroatoms. The van der Waals surface area contributed by atoms with Crippen LogP contribution in [-0.4, -0.2) is 59.1 Å². The van der Waals surface area contributed by atoms with Crippen LogP contribution in [0.25, 0.3) is 6.08 Å². The minimum Gasteiger partial charge on any atom is -0.508 e. The van der Waals surface area contributed by atoms with Crippen LogP contribution in [-0.2, 0) is 23.1 Å². The molecule has 2 aliphatic heterocycles. The van der Waals surface area contributed by atoms with Gasteiger partial charge in [-0.1, -0.05) is 60.2 Å². The molecule has 1 spiro atoms. The number of benzene rings is 3. The predicted octanol–water partition coefficient (Wildman–Crippen LogP) is 5.52. The quantitative estimate of drug-likeness (QED) is 0.423. The Morgan fingerprint density at radius 2 is 1.98 bits per heavy atom. The van der Waals surface area contributed by atoms with Crippen molar-refractivity contribution in [1.82, 2.24) is 9.80 Å². The minimum atomic E-state index is -0.159. The van der Waals surface area contributed by atoms with Gasteiger partial charge in [-0.3, -0.25) is 9.69 Å². The number of nitrogens with zero attached hydrogens (tertiary/aromatic N) is 2. The third-order valence-corrected chi connectivity index (χ3v) is 10.3. The molecule has 3 aromatic rings. The van der Waals surface area contributed by atoms with Crippen LogP contribution >= 0.6 is 0 Å². The van der Waals surface area contributed by atoms with Gasteiger partial charge in [0.2, 0.25) is 5.91 Å². The molecule has 2 aliphatic carbocycles. The number of hydrogen-bond acceptors (Lipinski definition) is 4. The molecule has 5 atom stereocenters. The number of carbonyl (C=O) groups is 1. The van der Waals surface area contributed by atoms with E-state index in [4.69, 9.17) is 4.74 Å². The first-order valence-corrected chi connectivity index (χ1v) is 14.8. The summed E-state index contributed by atoms with van der Waals surface area (Å²) in [5, 5.41) is 11.0. The number of phenols is 1. The Hall–Kier alpha value is -3.57. The van der Waals surface area contributed by atoms with E-state index in [1.165, 1.54) is 16.7 Å². The van der Waals surface area contributed by atoms with Gasteiger partial charge >= 0.3 is 0 Å². The molecule has 3 aromatic carbocycles. The molecule has 0 radical (unpaired) electrons. The molecule has 1 saturated heterocycles. The topological polar surface area (TPSA) is 53.0 Å². The second kappa shape index (κ2) is 9.81. The lowest BCUT2D eigenvalue weighted by Gasteiger charge is -2.60. The van der Waals surface area contributed by atoms with Gasteiger partial charge in [-0.15, -0.1) is 0 Å². The Balaban J connectivity index is 1.18. The lowest BCUT2D eigenvalue weighted by molar-refractivity contribution is -0.135. The third-order valence-electron chi connectivity index (χ3n) is 10.3. The van der Waals surface area contributed by atoms with E-state index in [-0.39, 0.29) is 23.5 Å². The maximum atomic E-state index is 13.5. The van der Waals surface area contributed by atoms with Crippen molar-refractivity contribution in [2.24, 2.45) is 5.92 Å². The number of carbonyl (C=O) groups excluding carboxylic acids is 1. The summed E-state index contributed by atoms with van der Waals surface area (Å²) in [7, 11) is 1.94. The highest BCUT2D eigenvalue weighted by atomic mass is 16.5. The number of aryl methyl sites for hydroxylation is 1. The summed E-state index contributed by atoms with van der Waals surface area (Å²) in [5.74, 6) is 1.78. The molecule has 0 aromatic heterocycles. The average Bonchev–Trinajstić information content (AvgIpc) is 3.30. The van der Waals surface area contributed by atoms with Gasteiger partial charge in [0.1, 0.15) is 17.6 Å². The van der Waals surface area contributed by atoms with Gasteiger partial charge in [0.05, 0.1) is 6.04 Å². The first kappa shape index (κ1) is 25.4. The van der Waals surface area contributed by atoms with Crippen LogP contribution in [0.5, 0.6) is 11.5 Å². The zero-order valence-electron chi connectivity index (χ0n) is 23.4. The van der Waals surface area contributed by atoms with Crippen molar-refractivity contribution in [3.63, 3.8) is 0 Å². The lowest BCUT2D eigenvalue weighted by atomic mass is 9.51. The first-order valence-electron chi connectivity index (χ1n) is 14.8. The highest BCUT2D eigenvalue weighted by Gasteiger charge is 2.66. The van der Waals surface area contributed by atoms with E-state index in [2.05, 4.69) is 54.3 Å². The van der Waals surface area contributed by atoms with E-state index in [1.54, 1.807) is 12.1 Å². The smallest absolute Gasteiger partial charge is 0.246 e. The fourth-order valence-corrected chi connectivity index (χ4v) is 8.42. The van der Waals surface area contributed by atoms with Gasteiger partial charge < -0.3 is 14.7 Å². The lowest BCUT2D eigenvalue weighted by Crippen LogP contribution is -2.69. The summed E-state index contributed by atoms with van der Waals surface area (Å²) in [6, 6.07) is 23.1. The molecule has 5 nitrogen and oxygen atoms in total. The second-order valence-electron chi connectivity index (χ2n) is 12.3. The van der Waals surface area contributed by atoms with Gasteiger partial charge in [0.25, 0.3) is 0 Å². The summed E-state index contributed by atoms with van der Waals surface area (Å²) in [6.07, 6.45) is 8.40. The summed E-state index contributed by atoms with van der Waals surface area (Å²) < 4.78 is 6.81. The number of ether oxygens (including phenoxy) is 1. The fraction of sp³-hybridized carbons (Fsp3) is 0.400. The number of rotatable bonds is 6. The Bertz CT molecular complexity index is 1470. The van der Waals surface area contributed by atoms with Crippen LogP contribution in [0.4, 0.5) is 0 Å². The van der Waals surface area contributed by atoms with Crippen molar-refractivity contribution in [2.75, 3.05) is 20.1 Å². The van der Waals surface area contributed by atoms with E-state index in [0.717, 1.165) is 62.1 Å². The van der Waals surface area contributed by atoms with Crippen molar-refractivity contribution in [2.45, 2.75) is 62.6 Å². The number of amides is 1. The molecular weight excluding hydrogens is 496 g/mol. The van der Waals surface area contributed by atoms with Crippen molar-refractivity contribution < 1.29 is 14.6 Å². The third kappa shape index (κ3) is 3.97. The molecule has 0 unspecified atom stereocenters. The highest BCUT2D eigenvalue weighted by Crippen LogP contribution is 2.63. The van der Waals surface area contributed by atoms with Crippen LogP contribution in [0.2, 0.25) is 0 Å². The summed E-state index contributed by atoms with van der Waals surface area (Å²) >= 11 is 0. The van der Waals surface area contributed by atoms with E-state index >= 15 is 0 Å². The Morgan fingerprint density at radius 1 is 1.12 bits per heavy atom. The van der Waals surface area contributed by atoms with E-state index in [1.807, 2.05) is 36.2 Å². The molecule has 4 aliphatic rings. The predicted molar refractivity (Wildman–Crippen MR) is 158 cm³/mol. The van der Waals surface area contributed by atoms with Crippen LogP contribution < -0.4 is 4.74 Å². The zero-order chi connectivity index (χ0) is 27.4. The molecule has 2 bridgehead atoms. The normalized spacial score (nSPS) is 28.2. The van der Waals surface area contributed by atoms with Gasteiger partial charge in [0, 0.05) is 42.3 Å². The largest absolute Gasteiger partial charge is 0.508 e. The summed E-state index contributed by atoms with van der Waals surface area (Å²) in [5.41, 5.74) is 5.73. The zero-order valence-corrected chi connectivity index (χ0v) is 23.4. The fourth-order valence-electron chi connectivity index (χ4n) is 8.42. The Kier molecular flexibility index (Phi) is 6.23. The standard InChI is InChI=1S/C35H38N2O3/c1-23-7-6-10-25(21-23)11-16-32(39)36(2)28-13-12-27-29-22-26-30(38)14-15-31-33(26)35(27,34(28)40-31)18-20-37(29)19-17-24-8-4-3-5-9-24/h3-11,14-16,21,27-29,34,38H,12-13,17-20,22H2,1-2H3/t27-,28-,29+,34-,35-/m0/s1. The molecule has 1 saturated carbocycles. The molecule has 40 heavy (non-hydrogen) atoms. The van der Waals surface area contributed by atoms with Crippen molar-refractivity contribution in [3.8, 4) is 11.5 Å². The number of hydrogen-bond donors (Lipinski definition) is 1. The van der Waals surface area contributed by atoms with Gasteiger partial charge in [-0.05, 0) is 80.8 Å². The monoisotopic (exact) mass is 534 g/mol. The minimum absolute atomic E-state index is 0.0108. The second-order valence-corrected chi connectivity index (χ2v) is 12.3. The molecule has 7 rings (SSSR count). The summed E-state index contributed by atoms with van der Waals surface area (Å²) in [6.45, 7) is 4.10. The van der Waals surface area contributed by atoms with Crippen LogP contribution in [0.1, 0.15) is 47.1 Å². The maximum Gasteiger partial charge on any atom is 0.246 e. The van der Waals surface area contributed by atoms with Crippen LogP contribution in [0.3, 0.4) is 0 Å². The van der Waals surface area contributed by atoms with E-state index < -0.39 is 0 Å². The van der Waals surface area contributed by atoms with Crippen molar-refractivity contribution in [1.29, 1.82) is 0 Å². The van der Waals surface area contributed by atoms with Gasteiger partial charge in [-0.2, -0.15) is 0 Å². The van der Waals surface area contributed by atoms with Crippen molar-refractivity contribution in [3.05, 3.63) is 101 Å². The number of likely N-dealkylation sites (N-methyl/N-ethyl adjacent to an activating group) is 1. The molecule has 2 fully saturated rings.